The molecule has 1 spiro atoms. The molecule has 2 aliphatic rings. The summed E-state index contributed by atoms with van der Waals surface area (Å²) in [6, 6.07) is 0.431. The average molecular weight is 279 g/mol. The van der Waals surface area contributed by atoms with E-state index >= 15 is 0 Å². The fraction of sp³-hybridized carbons (Fsp3) is 0.800. The van der Waals surface area contributed by atoms with Crippen LogP contribution in [0.25, 0.3) is 0 Å². The zero-order valence-corrected chi connectivity index (χ0v) is 12.5. The van der Waals surface area contributed by atoms with Crippen LogP contribution in [0, 0.1) is 13.8 Å². The van der Waals surface area contributed by atoms with Crippen LogP contribution in [0.15, 0.2) is 0 Å². The topological polar surface area (TPSA) is 62.3 Å². The molecule has 3 heterocycles. The second-order valence-corrected chi connectivity index (χ2v) is 6.09. The molecular formula is C15H25N3O2. The number of aryl methyl sites for hydroxylation is 1. The fourth-order valence-corrected chi connectivity index (χ4v) is 3.65. The molecule has 0 aliphatic carbocycles. The SMILES string of the molecule is Cc1nn(C2CCOC3(CCOCC3)C2)c(C)c1CN. The van der Waals surface area contributed by atoms with Crippen molar-refractivity contribution in [2.24, 2.45) is 5.73 Å². The first kappa shape index (κ1) is 14.0. The van der Waals surface area contributed by atoms with Crippen molar-refractivity contribution in [1.29, 1.82) is 0 Å². The van der Waals surface area contributed by atoms with Crippen molar-refractivity contribution in [3.05, 3.63) is 17.0 Å². The van der Waals surface area contributed by atoms with Gasteiger partial charge in [0.1, 0.15) is 0 Å². The van der Waals surface area contributed by atoms with Crippen molar-refractivity contribution < 1.29 is 9.47 Å². The molecule has 112 valence electrons. The van der Waals surface area contributed by atoms with E-state index in [0.29, 0.717) is 12.6 Å². The highest BCUT2D eigenvalue weighted by atomic mass is 16.5. The summed E-state index contributed by atoms with van der Waals surface area (Å²) in [5, 5.41) is 4.73. The normalized spacial score (nSPS) is 26.1. The summed E-state index contributed by atoms with van der Waals surface area (Å²) < 4.78 is 13.8. The Bertz CT molecular complexity index is 472. The lowest BCUT2D eigenvalue weighted by Crippen LogP contribution is -2.45. The van der Waals surface area contributed by atoms with E-state index in [0.717, 1.165) is 51.2 Å². The lowest BCUT2D eigenvalue weighted by atomic mass is 9.84. The largest absolute Gasteiger partial charge is 0.381 e. The minimum absolute atomic E-state index is 0.0103. The highest BCUT2D eigenvalue weighted by Crippen LogP contribution is 2.39. The molecule has 0 amide bonds. The van der Waals surface area contributed by atoms with Crippen molar-refractivity contribution in [3.8, 4) is 0 Å². The van der Waals surface area contributed by atoms with Crippen molar-refractivity contribution in [2.45, 2.75) is 57.7 Å². The molecule has 2 aliphatic heterocycles. The Morgan fingerprint density at radius 1 is 1.30 bits per heavy atom. The Morgan fingerprint density at radius 3 is 2.70 bits per heavy atom. The lowest BCUT2D eigenvalue weighted by Gasteiger charge is -2.43. The van der Waals surface area contributed by atoms with Crippen molar-refractivity contribution in [1.82, 2.24) is 9.78 Å². The maximum atomic E-state index is 6.12. The summed E-state index contributed by atoms with van der Waals surface area (Å²) in [5.74, 6) is 0. The van der Waals surface area contributed by atoms with Gasteiger partial charge in [0.2, 0.25) is 0 Å². The van der Waals surface area contributed by atoms with Crippen LogP contribution in [0.1, 0.15) is 48.7 Å². The smallest absolute Gasteiger partial charge is 0.0746 e. The maximum absolute atomic E-state index is 6.12. The van der Waals surface area contributed by atoms with Gasteiger partial charge >= 0.3 is 0 Å². The second kappa shape index (κ2) is 5.47. The molecule has 0 aromatic carbocycles. The van der Waals surface area contributed by atoms with Gasteiger partial charge in [0.25, 0.3) is 0 Å². The summed E-state index contributed by atoms with van der Waals surface area (Å²) >= 11 is 0. The van der Waals surface area contributed by atoms with Gasteiger partial charge in [-0.25, -0.2) is 0 Å². The monoisotopic (exact) mass is 279 g/mol. The van der Waals surface area contributed by atoms with Crippen LogP contribution < -0.4 is 5.73 Å². The number of nitrogens with two attached hydrogens (primary N) is 1. The molecule has 0 saturated carbocycles. The maximum Gasteiger partial charge on any atom is 0.0746 e. The molecular weight excluding hydrogens is 254 g/mol. The third-order valence-corrected chi connectivity index (χ3v) is 4.90. The third-order valence-electron chi connectivity index (χ3n) is 4.90. The molecule has 1 aromatic heterocycles. The summed E-state index contributed by atoms with van der Waals surface area (Å²) in [5.41, 5.74) is 9.33. The average Bonchev–Trinajstić information content (AvgIpc) is 2.74. The first-order valence-corrected chi connectivity index (χ1v) is 7.61. The van der Waals surface area contributed by atoms with Crippen LogP contribution >= 0.6 is 0 Å². The number of ether oxygens (including phenoxy) is 2. The van der Waals surface area contributed by atoms with Gasteiger partial charge in [0.15, 0.2) is 0 Å². The Morgan fingerprint density at radius 2 is 2.05 bits per heavy atom. The summed E-state index contributed by atoms with van der Waals surface area (Å²) in [6.07, 6.45) is 4.09. The van der Waals surface area contributed by atoms with Gasteiger partial charge in [-0.3, -0.25) is 4.68 Å². The van der Waals surface area contributed by atoms with E-state index in [-0.39, 0.29) is 5.60 Å². The van der Waals surface area contributed by atoms with Crippen LogP contribution in [-0.4, -0.2) is 35.2 Å². The first-order chi connectivity index (χ1) is 9.65. The van der Waals surface area contributed by atoms with E-state index in [4.69, 9.17) is 20.3 Å². The predicted molar refractivity (Wildman–Crippen MR) is 76.6 cm³/mol. The molecule has 2 fully saturated rings. The zero-order chi connectivity index (χ0) is 14.2. The molecule has 0 radical (unpaired) electrons. The number of hydrogen-bond donors (Lipinski definition) is 1. The Hall–Kier alpha value is -0.910. The van der Waals surface area contributed by atoms with Gasteiger partial charge in [-0.2, -0.15) is 5.10 Å². The highest BCUT2D eigenvalue weighted by molar-refractivity contribution is 5.24. The number of hydrogen-bond acceptors (Lipinski definition) is 4. The molecule has 1 atom stereocenters. The number of aromatic nitrogens is 2. The molecule has 5 nitrogen and oxygen atoms in total. The summed E-state index contributed by atoms with van der Waals surface area (Å²) in [4.78, 5) is 0. The van der Waals surface area contributed by atoms with Gasteiger partial charge < -0.3 is 15.2 Å². The van der Waals surface area contributed by atoms with Crippen LogP contribution in [0.4, 0.5) is 0 Å². The minimum Gasteiger partial charge on any atom is -0.381 e. The summed E-state index contributed by atoms with van der Waals surface area (Å²) in [7, 11) is 0. The van der Waals surface area contributed by atoms with Gasteiger partial charge in [0, 0.05) is 37.6 Å². The van der Waals surface area contributed by atoms with Gasteiger partial charge in [0.05, 0.1) is 17.3 Å². The Labute approximate surface area is 120 Å². The molecule has 1 aromatic rings. The van der Waals surface area contributed by atoms with Crippen LogP contribution in [0.5, 0.6) is 0 Å². The second-order valence-electron chi connectivity index (χ2n) is 6.09. The number of rotatable bonds is 2. The molecule has 5 heteroatoms. The van der Waals surface area contributed by atoms with E-state index in [9.17, 15) is 0 Å². The van der Waals surface area contributed by atoms with Gasteiger partial charge in [-0.15, -0.1) is 0 Å². The Balaban J connectivity index is 1.83. The number of nitrogens with zero attached hydrogens (tertiary/aromatic N) is 2. The van der Waals surface area contributed by atoms with E-state index in [1.165, 1.54) is 11.3 Å². The Kier molecular flexibility index (Phi) is 3.84. The quantitative estimate of drug-likeness (QED) is 0.897. The zero-order valence-electron chi connectivity index (χ0n) is 12.5. The van der Waals surface area contributed by atoms with Crippen LogP contribution in [0.3, 0.4) is 0 Å². The van der Waals surface area contributed by atoms with E-state index < -0.39 is 0 Å². The van der Waals surface area contributed by atoms with Gasteiger partial charge in [-0.05, 0) is 39.5 Å². The predicted octanol–water partition coefficient (Wildman–Crippen LogP) is 1.86. The fourth-order valence-electron chi connectivity index (χ4n) is 3.65. The molecule has 0 bridgehead atoms. The van der Waals surface area contributed by atoms with E-state index in [1.54, 1.807) is 0 Å². The van der Waals surface area contributed by atoms with E-state index in [1.807, 2.05) is 0 Å². The highest BCUT2D eigenvalue weighted by Gasteiger charge is 2.40. The first-order valence-electron chi connectivity index (χ1n) is 7.61. The third kappa shape index (κ3) is 2.38. The van der Waals surface area contributed by atoms with Crippen molar-refractivity contribution in [2.75, 3.05) is 19.8 Å². The van der Waals surface area contributed by atoms with Crippen LogP contribution in [-0.2, 0) is 16.0 Å². The van der Waals surface area contributed by atoms with Crippen molar-refractivity contribution in [3.63, 3.8) is 0 Å². The van der Waals surface area contributed by atoms with Crippen molar-refractivity contribution >= 4 is 0 Å². The summed E-state index contributed by atoms with van der Waals surface area (Å²) in [6.45, 7) is 7.21. The molecule has 2 N–H and O–H groups in total. The minimum atomic E-state index is 0.0103. The standard InChI is InChI=1S/C15H25N3O2/c1-11-14(10-16)12(2)18(17-11)13-3-6-20-15(9-13)4-7-19-8-5-15/h13H,3-10,16H2,1-2H3. The van der Waals surface area contributed by atoms with Crippen LogP contribution in [0.2, 0.25) is 0 Å². The molecule has 20 heavy (non-hydrogen) atoms. The van der Waals surface area contributed by atoms with E-state index in [2.05, 4.69) is 18.5 Å². The van der Waals surface area contributed by atoms with Gasteiger partial charge in [-0.1, -0.05) is 0 Å². The molecule has 2 saturated heterocycles. The molecule has 1 unspecified atom stereocenters. The lowest BCUT2D eigenvalue weighted by molar-refractivity contribution is -0.145. The molecule has 3 rings (SSSR count).